The number of hydrogen-bond acceptors (Lipinski definition) is 4. The normalized spacial score (nSPS) is 11.9. The molecule has 1 atom stereocenters. The van der Waals surface area contributed by atoms with Gasteiger partial charge in [0, 0.05) is 0 Å². The van der Waals surface area contributed by atoms with Gasteiger partial charge in [-0.15, -0.1) is 0 Å². The molecule has 0 aliphatic rings. The first kappa shape index (κ1) is 29.7. The average molecular weight is 501 g/mol. The maximum absolute atomic E-state index is 14.1. The van der Waals surface area contributed by atoms with Crippen molar-refractivity contribution in [2.75, 3.05) is 6.61 Å². The number of carbonyl (C=O) groups excluding carboxylic acids is 1. The van der Waals surface area contributed by atoms with E-state index in [4.69, 9.17) is 9.47 Å². The highest BCUT2D eigenvalue weighted by Gasteiger charge is 2.15. The zero-order valence-electron chi connectivity index (χ0n) is 22.3. The van der Waals surface area contributed by atoms with Crippen LogP contribution in [0.2, 0.25) is 0 Å². The molecule has 0 saturated heterocycles. The lowest BCUT2D eigenvalue weighted by Gasteiger charge is -2.11. The number of phenolic OH excluding ortho intramolecular Hbond substituents is 1. The van der Waals surface area contributed by atoms with Crippen molar-refractivity contribution in [3.8, 4) is 17.2 Å². The number of benzene rings is 2. The number of alkyl halides is 1. The van der Waals surface area contributed by atoms with E-state index in [1.54, 1.807) is 36.4 Å². The highest BCUT2D eigenvalue weighted by Crippen LogP contribution is 2.24. The number of rotatable bonds is 19. The Morgan fingerprint density at radius 1 is 0.806 bits per heavy atom. The molecule has 2 rings (SSSR count). The molecule has 200 valence electrons. The maximum atomic E-state index is 14.1. The fraction of sp³-hybridized carbons (Fsp3) is 0.581. The van der Waals surface area contributed by atoms with E-state index >= 15 is 0 Å². The number of ether oxygens (including phenoxy) is 2. The smallest absolute Gasteiger partial charge is 0.347 e. The number of hydrogen-bond donors (Lipinski definition) is 1. The molecule has 0 fully saturated rings. The fourth-order valence-electron chi connectivity index (χ4n) is 4.20. The predicted molar refractivity (Wildman–Crippen MR) is 145 cm³/mol. The second kappa shape index (κ2) is 17.8. The van der Waals surface area contributed by atoms with Gasteiger partial charge in [-0.05, 0) is 61.2 Å². The largest absolute Gasteiger partial charge is 0.507 e. The number of unbranched alkanes of at least 4 members (excludes halogenated alkanes) is 10. The first-order chi connectivity index (χ1) is 17.5. The monoisotopic (exact) mass is 500 g/mol. The minimum Gasteiger partial charge on any atom is -0.507 e. The van der Waals surface area contributed by atoms with Crippen molar-refractivity contribution in [3.05, 3.63) is 53.6 Å². The summed E-state index contributed by atoms with van der Waals surface area (Å²) < 4.78 is 25.0. The number of halogens is 1. The maximum Gasteiger partial charge on any atom is 0.347 e. The third-order valence-corrected chi connectivity index (χ3v) is 6.44. The molecule has 1 N–H and O–H groups in total. The van der Waals surface area contributed by atoms with E-state index in [0.717, 1.165) is 31.2 Å². The van der Waals surface area contributed by atoms with E-state index in [1.165, 1.54) is 57.8 Å². The molecule has 0 amide bonds. The summed E-state index contributed by atoms with van der Waals surface area (Å²) >= 11 is 0. The standard InChI is InChI=1S/C31H45FO4/c1-3-5-7-9-11-13-15-25-17-22-29(30(33)23-25)31(34)36-28-20-18-27(19-21-28)35-24-26(32)16-14-12-10-8-6-4-2/h17-23,26,33H,3-16,24H2,1-2H3. The van der Waals surface area contributed by atoms with Crippen molar-refractivity contribution in [1.29, 1.82) is 0 Å². The Labute approximate surface area is 217 Å². The molecule has 4 nitrogen and oxygen atoms in total. The summed E-state index contributed by atoms with van der Waals surface area (Å²) in [5, 5.41) is 10.3. The van der Waals surface area contributed by atoms with Gasteiger partial charge in [-0.25, -0.2) is 9.18 Å². The summed E-state index contributed by atoms with van der Waals surface area (Å²) in [5.41, 5.74) is 1.15. The highest BCUT2D eigenvalue weighted by molar-refractivity contribution is 5.93. The lowest BCUT2D eigenvalue weighted by Crippen LogP contribution is -2.13. The molecule has 0 aromatic heterocycles. The van der Waals surface area contributed by atoms with E-state index in [9.17, 15) is 14.3 Å². The second-order valence-corrected chi connectivity index (χ2v) is 9.69. The van der Waals surface area contributed by atoms with Crippen LogP contribution in [0.25, 0.3) is 0 Å². The van der Waals surface area contributed by atoms with E-state index < -0.39 is 12.1 Å². The van der Waals surface area contributed by atoms with Gasteiger partial charge >= 0.3 is 5.97 Å². The Hall–Kier alpha value is -2.56. The lowest BCUT2D eigenvalue weighted by atomic mass is 10.0. The second-order valence-electron chi connectivity index (χ2n) is 9.69. The van der Waals surface area contributed by atoms with Gasteiger partial charge < -0.3 is 14.6 Å². The van der Waals surface area contributed by atoms with E-state index in [-0.39, 0.29) is 17.9 Å². The van der Waals surface area contributed by atoms with Crippen molar-refractivity contribution in [1.82, 2.24) is 0 Å². The minimum atomic E-state index is -0.985. The fourth-order valence-corrected chi connectivity index (χ4v) is 4.20. The van der Waals surface area contributed by atoms with Gasteiger partial charge in [0.2, 0.25) is 0 Å². The number of esters is 1. The molecule has 0 bridgehead atoms. The van der Waals surface area contributed by atoms with E-state index in [0.29, 0.717) is 17.9 Å². The number of aromatic hydroxyl groups is 1. The average Bonchev–Trinajstić information content (AvgIpc) is 2.87. The summed E-state index contributed by atoms with van der Waals surface area (Å²) in [6.45, 7) is 4.42. The molecule has 0 aliphatic carbocycles. The van der Waals surface area contributed by atoms with E-state index in [2.05, 4.69) is 13.8 Å². The highest BCUT2D eigenvalue weighted by atomic mass is 19.1. The first-order valence-corrected chi connectivity index (χ1v) is 13.9. The Balaban J connectivity index is 1.72. The van der Waals surface area contributed by atoms with Gasteiger partial charge in [0.05, 0.1) is 0 Å². The van der Waals surface area contributed by atoms with Crippen molar-refractivity contribution in [3.63, 3.8) is 0 Å². The molecule has 0 radical (unpaired) electrons. The Morgan fingerprint density at radius 2 is 1.39 bits per heavy atom. The van der Waals surface area contributed by atoms with Crippen LogP contribution in [0.1, 0.15) is 113 Å². The van der Waals surface area contributed by atoms with Gasteiger partial charge in [0.1, 0.15) is 35.6 Å². The molecule has 1 unspecified atom stereocenters. The molecule has 0 spiro atoms. The van der Waals surface area contributed by atoms with Crippen LogP contribution in [-0.4, -0.2) is 23.9 Å². The summed E-state index contributed by atoms with van der Waals surface area (Å²) in [6.07, 6.45) is 14.5. The van der Waals surface area contributed by atoms with Crippen molar-refractivity contribution in [2.45, 2.75) is 110 Å². The predicted octanol–water partition coefficient (Wildman–Crippen LogP) is 8.98. The summed E-state index contributed by atoms with van der Waals surface area (Å²) in [5.74, 6) is 0.187. The molecule has 0 aliphatic heterocycles. The number of phenols is 1. The van der Waals surface area contributed by atoms with Gasteiger partial charge in [0.15, 0.2) is 0 Å². The van der Waals surface area contributed by atoms with Gasteiger partial charge in [-0.3, -0.25) is 0 Å². The molecule has 36 heavy (non-hydrogen) atoms. The quantitative estimate of drug-likeness (QED) is 0.119. The SMILES string of the molecule is CCCCCCCCc1ccc(C(=O)Oc2ccc(OCC(F)CCCCCCCC)cc2)c(O)c1. The molecule has 2 aromatic carbocycles. The minimum absolute atomic E-state index is 0.0209. The summed E-state index contributed by atoms with van der Waals surface area (Å²) in [4.78, 5) is 12.5. The van der Waals surface area contributed by atoms with Crippen molar-refractivity contribution in [2.24, 2.45) is 0 Å². The van der Waals surface area contributed by atoms with Gasteiger partial charge in [0.25, 0.3) is 0 Å². The Kier molecular flexibility index (Phi) is 14.7. The van der Waals surface area contributed by atoms with Crippen LogP contribution in [0.4, 0.5) is 4.39 Å². The van der Waals surface area contributed by atoms with Crippen LogP contribution in [0.5, 0.6) is 17.2 Å². The van der Waals surface area contributed by atoms with Crippen LogP contribution in [0, 0.1) is 0 Å². The first-order valence-electron chi connectivity index (χ1n) is 13.9. The molecule has 0 heterocycles. The van der Waals surface area contributed by atoms with Gasteiger partial charge in [-0.2, -0.15) is 0 Å². The van der Waals surface area contributed by atoms with Crippen molar-refractivity contribution < 1.29 is 23.8 Å². The van der Waals surface area contributed by atoms with Crippen LogP contribution >= 0.6 is 0 Å². The summed E-state index contributed by atoms with van der Waals surface area (Å²) in [6, 6.07) is 11.7. The zero-order valence-corrected chi connectivity index (χ0v) is 22.3. The van der Waals surface area contributed by atoms with Crippen LogP contribution in [0.15, 0.2) is 42.5 Å². The molecular weight excluding hydrogens is 455 g/mol. The van der Waals surface area contributed by atoms with Crippen LogP contribution < -0.4 is 9.47 Å². The Bertz CT molecular complexity index is 865. The van der Waals surface area contributed by atoms with Gasteiger partial charge in [-0.1, -0.05) is 90.5 Å². The Morgan fingerprint density at radius 3 is 2.03 bits per heavy atom. The topological polar surface area (TPSA) is 55.8 Å². The summed E-state index contributed by atoms with van der Waals surface area (Å²) in [7, 11) is 0. The van der Waals surface area contributed by atoms with Crippen LogP contribution in [0.3, 0.4) is 0 Å². The molecule has 2 aromatic rings. The zero-order chi connectivity index (χ0) is 26.0. The molecule has 5 heteroatoms. The number of aryl methyl sites for hydroxylation is 1. The number of carbonyl (C=O) groups is 1. The van der Waals surface area contributed by atoms with Crippen molar-refractivity contribution >= 4 is 5.97 Å². The molecular formula is C31H45FO4. The third kappa shape index (κ3) is 11.9. The van der Waals surface area contributed by atoms with E-state index in [1.807, 2.05) is 6.07 Å². The lowest BCUT2D eigenvalue weighted by molar-refractivity contribution is 0.0731. The third-order valence-electron chi connectivity index (χ3n) is 6.44. The van der Waals surface area contributed by atoms with Crippen LogP contribution in [-0.2, 0) is 6.42 Å². The molecule has 0 saturated carbocycles.